The minimum absolute atomic E-state index is 0.0950. The molecule has 3 aromatic rings. The van der Waals surface area contributed by atoms with Crippen molar-refractivity contribution in [2.75, 3.05) is 0 Å². The number of hydrogen-bond donors (Lipinski definition) is 1. The summed E-state index contributed by atoms with van der Waals surface area (Å²) in [5.74, 6) is -0.256. The Morgan fingerprint density at radius 2 is 1.72 bits per heavy atom. The molecule has 3 rings (SSSR count). The SMILES string of the molecule is Cc1ccccc1C(=O)Oc1ccc(Br)cc1/C=N/NS(=O)(=O)c1ccccc1. The van der Waals surface area contributed by atoms with E-state index in [1.54, 1.807) is 48.5 Å². The summed E-state index contributed by atoms with van der Waals surface area (Å²) in [6.45, 7) is 1.82. The predicted molar refractivity (Wildman–Crippen MR) is 115 cm³/mol. The van der Waals surface area contributed by atoms with E-state index in [4.69, 9.17) is 4.74 Å². The first-order valence-electron chi connectivity index (χ1n) is 8.54. The molecule has 0 bridgehead atoms. The molecule has 0 heterocycles. The molecule has 0 aliphatic rings. The van der Waals surface area contributed by atoms with Crippen LogP contribution in [0.5, 0.6) is 5.75 Å². The molecule has 0 fully saturated rings. The first-order chi connectivity index (χ1) is 13.9. The van der Waals surface area contributed by atoms with Crippen LogP contribution in [0.1, 0.15) is 21.5 Å². The Bertz CT molecular complexity index is 1160. The van der Waals surface area contributed by atoms with Crippen molar-refractivity contribution in [3.63, 3.8) is 0 Å². The summed E-state index contributed by atoms with van der Waals surface area (Å²) in [6.07, 6.45) is 1.28. The maximum Gasteiger partial charge on any atom is 0.343 e. The molecule has 0 aliphatic heterocycles. The number of benzene rings is 3. The molecular weight excluding hydrogens is 456 g/mol. The highest BCUT2D eigenvalue weighted by atomic mass is 79.9. The average Bonchev–Trinajstić information content (AvgIpc) is 2.71. The van der Waals surface area contributed by atoms with E-state index in [2.05, 4.69) is 25.9 Å². The van der Waals surface area contributed by atoms with Crippen LogP contribution in [0, 0.1) is 6.92 Å². The van der Waals surface area contributed by atoms with E-state index in [1.807, 2.05) is 19.1 Å². The van der Waals surface area contributed by atoms with E-state index in [0.717, 1.165) is 10.0 Å². The largest absolute Gasteiger partial charge is 0.422 e. The molecule has 0 amide bonds. The number of hydrazone groups is 1. The van der Waals surface area contributed by atoms with Crippen molar-refractivity contribution in [3.8, 4) is 5.75 Å². The standard InChI is InChI=1S/C21H17BrN2O4S/c1-15-7-5-6-10-19(15)21(25)28-20-12-11-17(22)13-16(20)14-23-24-29(26,27)18-8-3-2-4-9-18/h2-14,24H,1H3/b23-14+. The summed E-state index contributed by atoms with van der Waals surface area (Å²) in [6, 6.07) is 20.0. The first kappa shape index (κ1) is 20.8. The van der Waals surface area contributed by atoms with Crippen LogP contribution >= 0.6 is 15.9 Å². The Morgan fingerprint density at radius 3 is 2.45 bits per heavy atom. The van der Waals surface area contributed by atoms with Gasteiger partial charge >= 0.3 is 5.97 Å². The molecule has 6 nitrogen and oxygen atoms in total. The number of nitrogens with zero attached hydrogens (tertiary/aromatic N) is 1. The second kappa shape index (κ2) is 9.02. The van der Waals surface area contributed by atoms with Crippen molar-refractivity contribution in [3.05, 3.63) is 94.0 Å². The van der Waals surface area contributed by atoms with Crippen LogP contribution in [-0.4, -0.2) is 20.6 Å². The van der Waals surface area contributed by atoms with Gasteiger partial charge in [0.05, 0.1) is 16.7 Å². The number of aryl methyl sites for hydroxylation is 1. The number of esters is 1. The molecule has 0 atom stereocenters. The number of halogens is 1. The molecule has 0 radical (unpaired) electrons. The average molecular weight is 473 g/mol. The predicted octanol–water partition coefficient (Wildman–Crippen LogP) is 4.29. The normalized spacial score (nSPS) is 11.4. The van der Waals surface area contributed by atoms with Crippen LogP contribution in [0.15, 0.2) is 87.3 Å². The number of nitrogens with one attached hydrogen (secondary N) is 1. The van der Waals surface area contributed by atoms with Gasteiger partial charge in [0.2, 0.25) is 0 Å². The molecule has 0 aromatic heterocycles. The molecule has 0 aliphatic carbocycles. The Hall–Kier alpha value is -2.97. The Balaban J connectivity index is 1.81. The second-order valence-corrected chi connectivity index (χ2v) is 8.63. The van der Waals surface area contributed by atoms with Crippen LogP contribution in [-0.2, 0) is 10.0 Å². The minimum Gasteiger partial charge on any atom is -0.422 e. The van der Waals surface area contributed by atoms with Crippen molar-refractivity contribution in [2.45, 2.75) is 11.8 Å². The Labute approximate surface area is 177 Å². The molecular formula is C21H17BrN2O4S. The molecule has 0 spiro atoms. The van der Waals surface area contributed by atoms with Crippen molar-refractivity contribution >= 4 is 38.1 Å². The molecule has 0 saturated heterocycles. The van der Waals surface area contributed by atoms with E-state index >= 15 is 0 Å². The number of rotatable bonds is 6. The van der Waals surface area contributed by atoms with Gasteiger partial charge in [-0.25, -0.2) is 9.63 Å². The fourth-order valence-corrected chi connectivity index (χ4v) is 3.68. The molecule has 1 N–H and O–H groups in total. The fourth-order valence-electron chi connectivity index (χ4n) is 2.49. The molecule has 29 heavy (non-hydrogen) atoms. The molecule has 3 aromatic carbocycles. The van der Waals surface area contributed by atoms with Crippen molar-refractivity contribution in [2.24, 2.45) is 5.10 Å². The summed E-state index contributed by atoms with van der Waals surface area (Å²) in [5.41, 5.74) is 1.67. The number of carbonyl (C=O) groups excluding carboxylic acids is 1. The Kier molecular flexibility index (Phi) is 6.46. The minimum atomic E-state index is -3.79. The van der Waals surface area contributed by atoms with Gasteiger partial charge in [-0.2, -0.15) is 13.5 Å². The number of carbonyl (C=O) groups is 1. The van der Waals surface area contributed by atoms with Crippen LogP contribution in [0.2, 0.25) is 0 Å². The van der Waals surface area contributed by atoms with Gasteiger partial charge in [-0.05, 0) is 48.9 Å². The summed E-state index contributed by atoms with van der Waals surface area (Å²) in [4.78, 5) is 14.7. The van der Waals surface area contributed by atoms with Gasteiger partial charge in [-0.1, -0.05) is 52.3 Å². The highest BCUT2D eigenvalue weighted by Gasteiger charge is 2.14. The third-order valence-electron chi connectivity index (χ3n) is 3.97. The lowest BCUT2D eigenvalue weighted by Gasteiger charge is -2.09. The molecule has 0 unspecified atom stereocenters. The van der Waals surface area contributed by atoms with Crippen LogP contribution in [0.4, 0.5) is 0 Å². The van der Waals surface area contributed by atoms with Crippen molar-refractivity contribution in [1.29, 1.82) is 0 Å². The lowest BCUT2D eigenvalue weighted by atomic mass is 10.1. The quantitative estimate of drug-likeness (QED) is 0.251. The maximum atomic E-state index is 12.5. The highest BCUT2D eigenvalue weighted by Crippen LogP contribution is 2.23. The van der Waals surface area contributed by atoms with E-state index in [-0.39, 0.29) is 10.6 Å². The van der Waals surface area contributed by atoms with Gasteiger partial charge in [0.1, 0.15) is 5.75 Å². The topological polar surface area (TPSA) is 84.8 Å². The number of ether oxygens (including phenoxy) is 1. The van der Waals surface area contributed by atoms with Gasteiger partial charge < -0.3 is 4.74 Å². The van der Waals surface area contributed by atoms with Gasteiger partial charge in [-0.15, -0.1) is 0 Å². The van der Waals surface area contributed by atoms with Crippen LogP contribution in [0.3, 0.4) is 0 Å². The van der Waals surface area contributed by atoms with E-state index in [0.29, 0.717) is 11.1 Å². The van der Waals surface area contributed by atoms with Crippen molar-refractivity contribution < 1.29 is 17.9 Å². The van der Waals surface area contributed by atoms with Gasteiger partial charge in [0.15, 0.2) is 0 Å². The van der Waals surface area contributed by atoms with Crippen molar-refractivity contribution in [1.82, 2.24) is 4.83 Å². The first-order valence-corrected chi connectivity index (χ1v) is 10.8. The third-order valence-corrected chi connectivity index (χ3v) is 5.70. The second-order valence-electron chi connectivity index (χ2n) is 6.05. The summed E-state index contributed by atoms with van der Waals surface area (Å²) in [7, 11) is -3.79. The number of sulfonamides is 1. The zero-order valence-corrected chi connectivity index (χ0v) is 17.8. The zero-order chi connectivity index (χ0) is 20.9. The maximum absolute atomic E-state index is 12.5. The number of hydrogen-bond acceptors (Lipinski definition) is 5. The lowest BCUT2D eigenvalue weighted by molar-refractivity contribution is 0.0733. The zero-order valence-electron chi connectivity index (χ0n) is 15.4. The summed E-state index contributed by atoms with van der Waals surface area (Å²) < 4.78 is 30.7. The van der Waals surface area contributed by atoms with Crippen LogP contribution < -0.4 is 9.57 Å². The molecule has 8 heteroatoms. The fraction of sp³-hybridized carbons (Fsp3) is 0.0476. The van der Waals surface area contributed by atoms with E-state index in [1.165, 1.54) is 18.3 Å². The Morgan fingerprint density at radius 1 is 1.03 bits per heavy atom. The molecule has 0 saturated carbocycles. The monoisotopic (exact) mass is 472 g/mol. The molecule has 148 valence electrons. The van der Waals surface area contributed by atoms with E-state index < -0.39 is 16.0 Å². The van der Waals surface area contributed by atoms with E-state index in [9.17, 15) is 13.2 Å². The van der Waals surface area contributed by atoms with Crippen LogP contribution in [0.25, 0.3) is 0 Å². The smallest absolute Gasteiger partial charge is 0.343 e. The van der Waals surface area contributed by atoms with Gasteiger partial charge in [0, 0.05) is 10.0 Å². The lowest BCUT2D eigenvalue weighted by Crippen LogP contribution is -2.18. The van der Waals surface area contributed by atoms with Gasteiger partial charge in [0.25, 0.3) is 10.0 Å². The summed E-state index contributed by atoms with van der Waals surface area (Å²) >= 11 is 3.35. The third kappa shape index (κ3) is 5.30. The van der Waals surface area contributed by atoms with Gasteiger partial charge in [-0.3, -0.25) is 0 Å². The highest BCUT2D eigenvalue weighted by molar-refractivity contribution is 9.10. The summed E-state index contributed by atoms with van der Waals surface area (Å²) in [5, 5.41) is 3.81.